The van der Waals surface area contributed by atoms with E-state index in [9.17, 15) is 9.59 Å². The van der Waals surface area contributed by atoms with Gasteiger partial charge in [-0.05, 0) is 30.7 Å². The predicted molar refractivity (Wildman–Crippen MR) is 61.5 cm³/mol. The Kier molecular flexibility index (Phi) is 4.45. The van der Waals surface area contributed by atoms with Crippen LogP contribution in [0.25, 0.3) is 0 Å². The molecule has 0 amide bonds. The van der Waals surface area contributed by atoms with Crippen LogP contribution in [0.1, 0.15) is 30.1 Å². The van der Waals surface area contributed by atoms with Crippen LogP contribution in [-0.2, 0) is 4.79 Å². The average Bonchev–Trinajstić information content (AvgIpc) is 2.26. The number of carbonyl (C=O) groups is 2. The van der Waals surface area contributed by atoms with Crippen molar-refractivity contribution < 1.29 is 14.3 Å². The van der Waals surface area contributed by atoms with Gasteiger partial charge < -0.3 is 4.74 Å². The third kappa shape index (κ3) is 3.69. The highest BCUT2D eigenvalue weighted by atomic mass is 16.5. The molecule has 0 N–H and O–H groups in total. The molecule has 0 aromatic heterocycles. The Hall–Kier alpha value is -1.90. The second kappa shape index (κ2) is 5.85. The second-order valence-electron chi connectivity index (χ2n) is 3.37. The van der Waals surface area contributed by atoms with Gasteiger partial charge in [0.15, 0.2) is 5.78 Å². The third-order valence-corrected chi connectivity index (χ3v) is 2.01. The Bertz CT molecular complexity index is 390. The normalized spacial score (nSPS) is 9.56. The topological polar surface area (TPSA) is 43.4 Å². The number of benzene rings is 1. The molecule has 1 aromatic rings. The summed E-state index contributed by atoms with van der Waals surface area (Å²) in [5.41, 5.74) is 0.623. The van der Waals surface area contributed by atoms with Crippen molar-refractivity contribution in [1.29, 1.82) is 0 Å². The van der Waals surface area contributed by atoms with Crippen LogP contribution >= 0.6 is 0 Å². The molecular weight excluding hydrogens is 204 g/mol. The summed E-state index contributed by atoms with van der Waals surface area (Å²) >= 11 is 0. The summed E-state index contributed by atoms with van der Waals surface area (Å²) in [6.07, 6.45) is 2.84. The van der Waals surface area contributed by atoms with Crippen LogP contribution in [0.5, 0.6) is 5.75 Å². The van der Waals surface area contributed by atoms with Gasteiger partial charge in [-0.1, -0.05) is 6.08 Å². The van der Waals surface area contributed by atoms with Gasteiger partial charge in [-0.15, -0.1) is 6.58 Å². The van der Waals surface area contributed by atoms with E-state index in [0.29, 0.717) is 24.2 Å². The Morgan fingerprint density at radius 3 is 2.44 bits per heavy atom. The minimum atomic E-state index is -0.370. The van der Waals surface area contributed by atoms with Crippen LogP contribution in [0.3, 0.4) is 0 Å². The molecule has 3 heteroatoms. The molecule has 0 heterocycles. The monoisotopic (exact) mass is 218 g/mol. The molecule has 0 bridgehead atoms. The lowest BCUT2D eigenvalue weighted by atomic mass is 10.1. The first kappa shape index (κ1) is 12.2. The van der Waals surface area contributed by atoms with E-state index in [-0.39, 0.29) is 11.8 Å². The number of esters is 1. The lowest BCUT2D eigenvalue weighted by molar-refractivity contribution is -0.131. The number of ketones is 1. The third-order valence-electron chi connectivity index (χ3n) is 2.01. The second-order valence-corrected chi connectivity index (χ2v) is 3.37. The fraction of sp³-hybridized carbons (Fsp3) is 0.231. The number of rotatable bonds is 5. The highest BCUT2D eigenvalue weighted by Crippen LogP contribution is 2.14. The van der Waals surface area contributed by atoms with Crippen LogP contribution in [-0.4, -0.2) is 11.8 Å². The van der Waals surface area contributed by atoms with Crippen molar-refractivity contribution in [2.45, 2.75) is 19.8 Å². The largest absolute Gasteiger partial charge is 0.427 e. The molecular formula is C13H14O3. The number of ether oxygens (including phenoxy) is 1. The Morgan fingerprint density at radius 1 is 1.31 bits per heavy atom. The Morgan fingerprint density at radius 2 is 1.94 bits per heavy atom. The summed E-state index contributed by atoms with van der Waals surface area (Å²) in [5, 5.41) is 0. The summed E-state index contributed by atoms with van der Waals surface area (Å²) in [5.74, 6) is 0.146. The van der Waals surface area contributed by atoms with Crippen LogP contribution in [0.4, 0.5) is 0 Å². The van der Waals surface area contributed by atoms with Crippen LogP contribution < -0.4 is 4.74 Å². The number of hydrogen-bond acceptors (Lipinski definition) is 3. The molecule has 0 atom stereocenters. The summed E-state index contributed by atoms with van der Waals surface area (Å²) in [6, 6.07) is 6.54. The van der Waals surface area contributed by atoms with Gasteiger partial charge in [0.25, 0.3) is 0 Å². The van der Waals surface area contributed by atoms with E-state index in [4.69, 9.17) is 4.74 Å². The zero-order valence-electron chi connectivity index (χ0n) is 9.23. The zero-order valence-corrected chi connectivity index (χ0v) is 9.23. The predicted octanol–water partition coefficient (Wildman–Crippen LogP) is 2.76. The van der Waals surface area contributed by atoms with Gasteiger partial charge in [0.1, 0.15) is 5.75 Å². The van der Waals surface area contributed by atoms with E-state index < -0.39 is 0 Å². The number of hydrogen-bond donors (Lipinski definition) is 0. The van der Waals surface area contributed by atoms with Gasteiger partial charge >= 0.3 is 5.97 Å². The number of Topliss-reactive ketones (excluding diaryl/α,β-unsaturated/α-hetero) is 1. The maximum absolute atomic E-state index is 11.6. The maximum Gasteiger partial charge on any atom is 0.308 e. The average molecular weight is 218 g/mol. The van der Waals surface area contributed by atoms with Crippen molar-refractivity contribution in [3.8, 4) is 5.75 Å². The molecule has 1 rings (SSSR count). The summed E-state index contributed by atoms with van der Waals surface area (Å²) in [7, 11) is 0. The minimum absolute atomic E-state index is 0.0641. The van der Waals surface area contributed by atoms with E-state index in [2.05, 4.69) is 6.58 Å². The van der Waals surface area contributed by atoms with Gasteiger partial charge in [0.05, 0.1) is 0 Å². The van der Waals surface area contributed by atoms with Crippen molar-refractivity contribution in [3.05, 3.63) is 42.5 Å². The smallest absolute Gasteiger partial charge is 0.308 e. The summed E-state index contributed by atoms with van der Waals surface area (Å²) in [6.45, 7) is 4.90. The van der Waals surface area contributed by atoms with Crippen molar-refractivity contribution in [2.24, 2.45) is 0 Å². The first-order valence-electron chi connectivity index (χ1n) is 5.06. The Balaban J connectivity index is 2.66. The molecule has 0 aliphatic heterocycles. The standard InChI is InChI=1S/C13H14O3/c1-3-4-5-13(15)11-6-8-12(9-7-11)16-10(2)14/h3,6-9H,1,4-5H2,2H3. The van der Waals surface area contributed by atoms with Crippen molar-refractivity contribution in [2.75, 3.05) is 0 Å². The van der Waals surface area contributed by atoms with E-state index in [1.54, 1.807) is 30.3 Å². The van der Waals surface area contributed by atoms with E-state index in [0.717, 1.165) is 0 Å². The van der Waals surface area contributed by atoms with Gasteiger partial charge in [-0.3, -0.25) is 9.59 Å². The molecule has 0 saturated carbocycles. The summed E-state index contributed by atoms with van der Waals surface area (Å²) in [4.78, 5) is 22.3. The molecule has 0 saturated heterocycles. The molecule has 1 aromatic carbocycles. The minimum Gasteiger partial charge on any atom is -0.427 e. The first-order chi connectivity index (χ1) is 7.63. The number of carbonyl (C=O) groups excluding carboxylic acids is 2. The molecule has 0 radical (unpaired) electrons. The molecule has 0 aliphatic carbocycles. The van der Waals surface area contributed by atoms with Gasteiger partial charge in [-0.2, -0.15) is 0 Å². The fourth-order valence-electron chi connectivity index (χ4n) is 1.25. The molecule has 0 fully saturated rings. The SMILES string of the molecule is C=CCCC(=O)c1ccc(OC(C)=O)cc1. The number of allylic oxidation sites excluding steroid dienone is 1. The van der Waals surface area contributed by atoms with Gasteiger partial charge in [0.2, 0.25) is 0 Å². The highest BCUT2D eigenvalue weighted by molar-refractivity contribution is 5.96. The quantitative estimate of drug-likeness (QED) is 0.330. The van der Waals surface area contributed by atoms with E-state index in [1.807, 2.05) is 0 Å². The van der Waals surface area contributed by atoms with E-state index >= 15 is 0 Å². The highest BCUT2D eigenvalue weighted by Gasteiger charge is 2.05. The molecule has 0 unspecified atom stereocenters. The molecule has 3 nitrogen and oxygen atoms in total. The lowest BCUT2D eigenvalue weighted by Crippen LogP contribution is -2.02. The summed E-state index contributed by atoms with van der Waals surface area (Å²) < 4.78 is 4.86. The van der Waals surface area contributed by atoms with Gasteiger partial charge in [0, 0.05) is 18.9 Å². The maximum atomic E-state index is 11.6. The van der Waals surface area contributed by atoms with Gasteiger partial charge in [-0.25, -0.2) is 0 Å². The van der Waals surface area contributed by atoms with E-state index in [1.165, 1.54) is 6.92 Å². The zero-order chi connectivity index (χ0) is 12.0. The van der Waals surface area contributed by atoms with Crippen molar-refractivity contribution in [3.63, 3.8) is 0 Å². The molecule has 0 spiro atoms. The molecule has 0 aliphatic rings. The van der Waals surface area contributed by atoms with Crippen LogP contribution in [0.15, 0.2) is 36.9 Å². The van der Waals surface area contributed by atoms with Crippen molar-refractivity contribution in [1.82, 2.24) is 0 Å². The lowest BCUT2D eigenvalue weighted by Gasteiger charge is -2.02. The first-order valence-corrected chi connectivity index (χ1v) is 5.06. The van der Waals surface area contributed by atoms with Crippen LogP contribution in [0, 0.1) is 0 Å². The molecule has 16 heavy (non-hydrogen) atoms. The fourth-order valence-corrected chi connectivity index (χ4v) is 1.25. The Labute approximate surface area is 94.7 Å². The van der Waals surface area contributed by atoms with Crippen LogP contribution in [0.2, 0.25) is 0 Å². The molecule has 84 valence electrons. The van der Waals surface area contributed by atoms with Crippen molar-refractivity contribution >= 4 is 11.8 Å².